The maximum absolute atomic E-state index is 10.2. The molecular formula is C5H7N4O2-. The molecule has 1 rings (SSSR count). The summed E-state index contributed by atoms with van der Waals surface area (Å²) in [6, 6.07) is 2.85. The van der Waals surface area contributed by atoms with Crippen LogP contribution in [0.3, 0.4) is 0 Å². The van der Waals surface area contributed by atoms with Crippen molar-refractivity contribution in [1.29, 1.82) is 0 Å². The molecule has 0 saturated carbocycles. The Morgan fingerprint density at radius 2 is 2.36 bits per heavy atom. The van der Waals surface area contributed by atoms with Crippen LogP contribution in [-0.2, 0) is 0 Å². The molecule has 0 fully saturated rings. The minimum Gasteiger partial charge on any atom is -0.733 e. The van der Waals surface area contributed by atoms with Crippen molar-refractivity contribution in [2.45, 2.75) is 0 Å². The van der Waals surface area contributed by atoms with Gasteiger partial charge < -0.3 is 15.9 Å². The third-order valence-corrected chi connectivity index (χ3v) is 1.12. The summed E-state index contributed by atoms with van der Waals surface area (Å²) in [5.41, 5.74) is 2.34. The van der Waals surface area contributed by atoms with Crippen molar-refractivity contribution < 1.29 is 5.21 Å². The fraction of sp³-hybridized carbons (Fsp3) is 0. The number of hydrogen-bond donors (Lipinski definition) is 3. The van der Waals surface area contributed by atoms with E-state index in [1.807, 2.05) is 0 Å². The lowest BCUT2D eigenvalue weighted by Crippen LogP contribution is -2.10. The topological polar surface area (TPSA) is 97.5 Å². The first-order chi connectivity index (χ1) is 5.24. The Bertz CT molecular complexity index is 222. The van der Waals surface area contributed by atoms with Gasteiger partial charge in [-0.15, -0.1) is 0 Å². The Labute approximate surface area is 62.8 Å². The van der Waals surface area contributed by atoms with Crippen molar-refractivity contribution in [3.8, 4) is 0 Å². The first kappa shape index (κ1) is 7.73. The van der Waals surface area contributed by atoms with Crippen LogP contribution in [0.1, 0.15) is 0 Å². The summed E-state index contributed by atoms with van der Waals surface area (Å²) in [5, 5.41) is 18.3. The molecule has 0 aliphatic carbocycles. The van der Waals surface area contributed by atoms with Gasteiger partial charge in [0.05, 0.1) is 11.9 Å². The number of hydrazine groups is 1. The van der Waals surface area contributed by atoms with Crippen LogP contribution < -0.4 is 16.5 Å². The molecule has 4 N–H and O–H groups in total. The van der Waals surface area contributed by atoms with E-state index in [1.54, 1.807) is 0 Å². The number of aromatic nitrogens is 1. The molecule has 0 radical (unpaired) electrons. The molecule has 1 aromatic rings. The average Bonchev–Trinajstić information content (AvgIpc) is 2.05. The number of nitrogens with zero attached hydrogens (tertiary/aromatic N) is 2. The van der Waals surface area contributed by atoms with Crippen LogP contribution in [0.5, 0.6) is 0 Å². The predicted molar refractivity (Wildman–Crippen MR) is 39.7 cm³/mol. The molecule has 0 saturated heterocycles. The highest BCUT2D eigenvalue weighted by Crippen LogP contribution is 2.10. The van der Waals surface area contributed by atoms with Gasteiger partial charge in [-0.3, -0.25) is 5.21 Å². The second-order valence-electron chi connectivity index (χ2n) is 1.82. The van der Waals surface area contributed by atoms with E-state index in [1.165, 1.54) is 18.3 Å². The Morgan fingerprint density at radius 3 is 2.73 bits per heavy atom. The molecule has 6 heteroatoms. The Kier molecular flexibility index (Phi) is 2.21. The van der Waals surface area contributed by atoms with Crippen LogP contribution in [0.25, 0.3) is 0 Å². The number of nitrogens with one attached hydrogen (secondary N) is 1. The average molecular weight is 155 g/mol. The van der Waals surface area contributed by atoms with Gasteiger partial charge in [-0.1, -0.05) is 0 Å². The van der Waals surface area contributed by atoms with Crippen LogP contribution >= 0.6 is 0 Å². The third kappa shape index (κ3) is 1.77. The lowest BCUT2D eigenvalue weighted by molar-refractivity contribution is 0.296. The van der Waals surface area contributed by atoms with Gasteiger partial charge in [0.1, 0.15) is 5.82 Å². The first-order valence-corrected chi connectivity index (χ1v) is 2.83. The van der Waals surface area contributed by atoms with Crippen molar-refractivity contribution >= 4 is 11.5 Å². The molecule has 60 valence electrons. The van der Waals surface area contributed by atoms with E-state index in [-0.39, 0.29) is 10.9 Å². The van der Waals surface area contributed by atoms with Gasteiger partial charge in [0.15, 0.2) is 0 Å². The van der Waals surface area contributed by atoms with E-state index in [0.29, 0.717) is 5.82 Å². The molecule has 1 heterocycles. The number of rotatable bonds is 2. The lowest BCUT2D eigenvalue weighted by Gasteiger charge is -2.20. The van der Waals surface area contributed by atoms with Gasteiger partial charge in [-0.2, -0.15) is 0 Å². The van der Waals surface area contributed by atoms with Gasteiger partial charge in [0, 0.05) is 0 Å². The zero-order chi connectivity index (χ0) is 8.27. The second kappa shape index (κ2) is 3.15. The van der Waals surface area contributed by atoms with E-state index in [4.69, 9.17) is 11.0 Å². The molecule has 0 spiro atoms. The monoisotopic (exact) mass is 155 g/mol. The van der Waals surface area contributed by atoms with E-state index in [2.05, 4.69) is 10.4 Å². The normalized spacial score (nSPS) is 9.36. The van der Waals surface area contributed by atoms with Crippen molar-refractivity contribution in [3.63, 3.8) is 0 Å². The largest absolute Gasteiger partial charge is 0.733 e. The van der Waals surface area contributed by atoms with E-state index in [9.17, 15) is 5.21 Å². The summed E-state index contributed by atoms with van der Waals surface area (Å²) in [4.78, 5) is 3.68. The molecule has 6 nitrogen and oxygen atoms in total. The molecule has 0 atom stereocenters. The standard InChI is InChI=1S/C5H7N4O2/c6-8-5-2-1-4(3-7-5)9(10)11/h1-3,10H,6H2,(H,7,8)/q-1. The summed E-state index contributed by atoms with van der Waals surface area (Å²) >= 11 is 0. The van der Waals surface area contributed by atoms with Crippen LogP contribution in [0, 0.1) is 5.21 Å². The Morgan fingerprint density at radius 1 is 1.64 bits per heavy atom. The SMILES string of the molecule is NNc1ccc(N([O-])O)cn1. The lowest BCUT2D eigenvalue weighted by atomic mass is 10.4. The molecule has 11 heavy (non-hydrogen) atoms. The third-order valence-electron chi connectivity index (χ3n) is 1.12. The first-order valence-electron chi connectivity index (χ1n) is 2.83. The van der Waals surface area contributed by atoms with Crippen molar-refractivity contribution in [3.05, 3.63) is 23.5 Å². The predicted octanol–water partition coefficient (Wildman–Crippen LogP) is 0.0606. The number of nitrogens with two attached hydrogens (primary N) is 1. The minimum absolute atomic E-state index is 0.0593. The number of anilines is 2. The summed E-state index contributed by atoms with van der Waals surface area (Å²) in [7, 11) is 0. The molecule has 0 unspecified atom stereocenters. The van der Waals surface area contributed by atoms with Gasteiger partial charge >= 0.3 is 0 Å². The number of nitrogen functional groups attached to an aromatic ring is 1. The zero-order valence-corrected chi connectivity index (χ0v) is 5.56. The quantitative estimate of drug-likeness (QED) is 0.412. The highest BCUT2D eigenvalue weighted by Gasteiger charge is 1.92. The Balaban J connectivity index is 2.83. The second-order valence-corrected chi connectivity index (χ2v) is 1.82. The molecule has 0 aliphatic rings. The maximum Gasteiger partial charge on any atom is 0.140 e. The van der Waals surface area contributed by atoms with Crippen LogP contribution in [0.15, 0.2) is 18.3 Å². The summed E-state index contributed by atoms with van der Waals surface area (Å²) < 4.78 is 0. The van der Waals surface area contributed by atoms with Crippen molar-refractivity contribution in [2.75, 3.05) is 10.7 Å². The highest BCUT2D eigenvalue weighted by atomic mass is 16.8. The van der Waals surface area contributed by atoms with E-state index < -0.39 is 0 Å². The van der Waals surface area contributed by atoms with Gasteiger partial charge in [-0.25, -0.2) is 10.8 Å². The fourth-order valence-corrected chi connectivity index (χ4v) is 0.585. The van der Waals surface area contributed by atoms with E-state index in [0.717, 1.165) is 0 Å². The fourth-order valence-electron chi connectivity index (χ4n) is 0.585. The summed E-state index contributed by atoms with van der Waals surface area (Å²) in [6.07, 6.45) is 1.20. The van der Waals surface area contributed by atoms with Crippen LogP contribution in [0.4, 0.5) is 11.5 Å². The van der Waals surface area contributed by atoms with Gasteiger partial charge in [-0.05, 0) is 12.1 Å². The summed E-state index contributed by atoms with van der Waals surface area (Å²) in [5.74, 6) is 5.44. The number of pyridine rings is 1. The minimum atomic E-state index is -0.271. The molecule has 0 aromatic carbocycles. The molecular weight excluding hydrogens is 148 g/mol. The van der Waals surface area contributed by atoms with E-state index >= 15 is 0 Å². The molecule has 1 aromatic heterocycles. The maximum atomic E-state index is 10.2. The zero-order valence-electron chi connectivity index (χ0n) is 5.56. The van der Waals surface area contributed by atoms with Crippen molar-refractivity contribution in [1.82, 2.24) is 4.98 Å². The molecule has 0 aliphatic heterocycles. The highest BCUT2D eigenvalue weighted by molar-refractivity contribution is 5.47. The van der Waals surface area contributed by atoms with Crippen molar-refractivity contribution in [2.24, 2.45) is 5.84 Å². The van der Waals surface area contributed by atoms with Crippen LogP contribution in [-0.4, -0.2) is 10.2 Å². The Hall–Kier alpha value is -1.37. The van der Waals surface area contributed by atoms with Gasteiger partial charge in [0.25, 0.3) is 0 Å². The molecule has 0 amide bonds. The van der Waals surface area contributed by atoms with Gasteiger partial charge in [0.2, 0.25) is 0 Å². The number of hydrogen-bond acceptors (Lipinski definition) is 6. The smallest absolute Gasteiger partial charge is 0.140 e. The summed E-state index contributed by atoms with van der Waals surface area (Å²) in [6.45, 7) is 0. The van der Waals surface area contributed by atoms with Crippen LogP contribution in [0.2, 0.25) is 0 Å². The molecule has 0 bridgehead atoms.